The molecule has 21 heavy (non-hydrogen) atoms. The predicted molar refractivity (Wildman–Crippen MR) is 84.1 cm³/mol. The Morgan fingerprint density at radius 3 is 3.00 bits per heavy atom. The van der Waals surface area contributed by atoms with Crippen LogP contribution < -0.4 is 5.32 Å². The standard InChI is InChI=1S/C16H28N4O/c1-12(21)9-20-10-14-5-3-4-13(15(14)11-20)8-18-16-17-6-7-19(16)2/h6-7,12-15,21H,3-5,8-11H2,1-2H3,(H,17,18)/t12-,13-,14+,15+/m0/s1. The molecule has 2 N–H and O–H groups in total. The Balaban J connectivity index is 1.57. The van der Waals surface area contributed by atoms with E-state index in [1.807, 2.05) is 30.9 Å². The third kappa shape index (κ3) is 3.40. The van der Waals surface area contributed by atoms with Gasteiger partial charge in [-0.05, 0) is 37.5 Å². The molecule has 1 saturated carbocycles. The van der Waals surface area contributed by atoms with Gasteiger partial charge in [-0.2, -0.15) is 0 Å². The maximum atomic E-state index is 9.61. The Bertz CT molecular complexity index is 459. The lowest BCUT2D eigenvalue weighted by molar-refractivity contribution is 0.136. The summed E-state index contributed by atoms with van der Waals surface area (Å²) in [7, 11) is 2.03. The van der Waals surface area contributed by atoms with Gasteiger partial charge in [0, 0.05) is 45.6 Å². The Morgan fingerprint density at radius 1 is 1.43 bits per heavy atom. The Kier molecular flexibility index (Phi) is 4.50. The van der Waals surface area contributed by atoms with Crippen molar-refractivity contribution in [2.24, 2.45) is 24.8 Å². The molecule has 1 aliphatic carbocycles. The molecule has 0 bridgehead atoms. The van der Waals surface area contributed by atoms with E-state index in [0.29, 0.717) is 0 Å². The average Bonchev–Trinajstić information content (AvgIpc) is 3.01. The van der Waals surface area contributed by atoms with Gasteiger partial charge in [0.1, 0.15) is 0 Å². The predicted octanol–water partition coefficient (Wildman–Crippen LogP) is 1.56. The van der Waals surface area contributed by atoms with E-state index >= 15 is 0 Å². The van der Waals surface area contributed by atoms with Gasteiger partial charge in [0.05, 0.1) is 6.10 Å². The molecule has 118 valence electrons. The van der Waals surface area contributed by atoms with Crippen LogP contribution in [0, 0.1) is 17.8 Å². The van der Waals surface area contributed by atoms with Gasteiger partial charge in [0.15, 0.2) is 0 Å². The monoisotopic (exact) mass is 292 g/mol. The number of nitrogens with one attached hydrogen (secondary N) is 1. The van der Waals surface area contributed by atoms with E-state index < -0.39 is 0 Å². The van der Waals surface area contributed by atoms with Crippen LogP contribution in [0.25, 0.3) is 0 Å². The summed E-state index contributed by atoms with van der Waals surface area (Å²) in [6.45, 7) is 6.07. The van der Waals surface area contributed by atoms with E-state index in [-0.39, 0.29) is 6.10 Å². The number of hydrogen-bond acceptors (Lipinski definition) is 4. The first-order valence-corrected chi connectivity index (χ1v) is 8.25. The quantitative estimate of drug-likeness (QED) is 0.865. The van der Waals surface area contributed by atoms with Crippen molar-refractivity contribution in [2.75, 3.05) is 31.5 Å². The molecular formula is C16H28N4O. The largest absolute Gasteiger partial charge is 0.392 e. The summed E-state index contributed by atoms with van der Waals surface area (Å²) in [4.78, 5) is 6.81. The number of likely N-dealkylation sites (tertiary alicyclic amines) is 1. The topological polar surface area (TPSA) is 53.3 Å². The second kappa shape index (κ2) is 6.36. The van der Waals surface area contributed by atoms with Crippen LogP contribution in [0.5, 0.6) is 0 Å². The zero-order chi connectivity index (χ0) is 14.8. The molecule has 0 unspecified atom stereocenters. The number of rotatable bonds is 5. The minimum Gasteiger partial charge on any atom is -0.392 e. The number of imidazole rings is 1. The van der Waals surface area contributed by atoms with Crippen LogP contribution in [0.2, 0.25) is 0 Å². The van der Waals surface area contributed by atoms with Gasteiger partial charge in [-0.1, -0.05) is 6.42 Å². The average molecular weight is 292 g/mol. The van der Waals surface area contributed by atoms with E-state index in [2.05, 4.69) is 15.2 Å². The summed E-state index contributed by atoms with van der Waals surface area (Å²) in [5.74, 6) is 3.31. The Labute approximate surface area is 127 Å². The molecule has 5 heteroatoms. The first-order valence-electron chi connectivity index (χ1n) is 8.25. The van der Waals surface area contributed by atoms with Crippen LogP contribution in [0.15, 0.2) is 12.4 Å². The highest BCUT2D eigenvalue weighted by Gasteiger charge is 2.40. The third-order valence-corrected chi connectivity index (χ3v) is 5.19. The maximum Gasteiger partial charge on any atom is 0.202 e. The molecule has 0 spiro atoms. The summed E-state index contributed by atoms with van der Waals surface area (Å²) < 4.78 is 2.04. The van der Waals surface area contributed by atoms with Gasteiger partial charge in [-0.25, -0.2) is 4.98 Å². The molecule has 2 aliphatic rings. The number of fused-ring (bicyclic) bond motifs is 1. The summed E-state index contributed by atoms with van der Waals surface area (Å²) >= 11 is 0. The first kappa shape index (κ1) is 14.9. The molecular weight excluding hydrogens is 264 g/mol. The van der Waals surface area contributed by atoms with Gasteiger partial charge in [-0.15, -0.1) is 0 Å². The Hall–Kier alpha value is -1.07. The van der Waals surface area contributed by atoms with Crippen LogP contribution in [-0.2, 0) is 7.05 Å². The summed E-state index contributed by atoms with van der Waals surface area (Å²) in [5.41, 5.74) is 0. The van der Waals surface area contributed by atoms with E-state index in [4.69, 9.17) is 0 Å². The van der Waals surface area contributed by atoms with E-state index in [9.17, 15) is 5.11 Å². The fraction of sp³-hybridized carbons (Fsp3) is 0.812. The fourth-order valence-electron chi connectivity index (χ4n) is 4.22. The number of aromatic nitrogens is 2. The normalized spacial score (nSPS) is 31.1. The molecule has 5 nitrogen and oxygen atoms in total. The number of β-amino-alcohol motifs (C(OH)–C–C–N with tert-alkyl or cyclic N) is 1. The Morgan fingerprint density at radius 2 is 2.29 bits per heavy atom. The lowest BCUT2D eigenvalue weighted by Crippen LogP contribution is -2.33. The van der Waals surface area contributed by atoms with Crippen molar-refractivity contribution < 1.29 is 5.11 Å². The van der Waals surface area contributed by atoms with Crippen molar-refractivity contribution in [1.29, 1.82) is 0 Å². The molecule has 1 aromatic rings. The molecule has 4 atom stereocenters. The molecule has 1 aliphatic heterocycles. The highest BCUT2D eigenvalue weighted by atomic mass is 16.3. The maximum absolute atomic E-state index is 9.61. The SMILES string of the molecule is C[C@H](O)CN1C[C@H]2CCC[C@@H](CNc3nccn3C)[C@H]2C1. The van der Waals surface area contributed by atoms with E-state index in [1.54, 1.807) is 0 Å². The van der Waals surface area contributed by atoms with Crippen molar-refractivity contribution in [2.45, 2.75) is 32.3 Å². The van der Waals surface area contributed by atoms with Crippen molar-refractivity contribution in [1.82, 2.24) is 14.5 Å². The van der Waals surface area contributed by atoms with Crippen molar-refractivity contribution >= 4 is 5.95 Å². The third-order valence-electron chi connectivity index (χ3n) is 5.19. The summed E-state index contributed by atoms with van der Waals surface area (Å²) in [6, 6.07) is 0. The molecule has 0 radical (unpaired) electrons. The number of aryl methyl sites for hydroxylation is 1. The number of hydrogen-bond donors (Lipinski definition) is 2. The molecule has 2 heterocycles. The van der Waals surface area contributed by atoms with Crippen molar-refractivity contribution in [3.05, 3.63) is 12.4 Å². The first-order chi connectivity index (χ1) is 10.1. The summed E-state index contributed by atoms with van der Waals surface area (Å²) in [6.07, 6.45) is 7.63. The lowest BCUT2D eigenvalue weighted by Gasteiger charge is -2.33. The van der Waals surface area contributed by atoms with Crippen LogP contribution in [0.1, 0.15) is 26.2 Å². The van der Waals surface area contributed by atoms with Gasteiger partial charge in [0.2, 0.25) is 5.95 Å². The molecule has 3 rings (SSSR count). The highest BCUT2D eigenvalue weighted by molar-refractivity contribution is 5.25. The van der Waals surface area contributed by atoms with Gasteiger partial charge in [0.25, 0.3) is 0 Å². The van der Waals surface area contributed by atoms with Crippen LogP contribution in [0.3, 0.4) is 0 Å². The molecule has 0 aromatic carbocycles. The zero-order valence-electron chi connectivity index (χ0n) is 13.2. The van der Waals surface area contributed by atoms with Crippen LogP contribution in [0.4, 0.5) is 5.95 Å². The molecule has 1 aromatic heterocycles. The summed E-state index contributed by atoms with van der Waals surface area (Å²) in [5, 5.41) is 13.1. The molecule has 0 amide bonds. The van der Waals surface area contributed by atoms with Crippen molar-refractivity contribution in [3.8, 4) is 0 Å². The number of anilines is 1. The van der Waals surface area contributed by atoms with Gasteiger partial charge >= 0.3 is 0 Å². The van der Waals surface area contributed by atoms with Crippen molar-refractivity contribution in [3.63, 3.8) is 0 Å². The zero-order valence-corrected chi connectivity index (χ0v) is 13.2. The van der Waals surface area contributed by atoms with Gasteiger partial charge in [-0.3, -0.25) is 0 Å². The van der Waals surface area contributed by atoms with Crippen LogP contribution >= 0.6 is 0 Å². The van der Waals surface area contributed by atoms with E-state index in [1.165, 1.54) is 25.8 Å². The number of aliphatic hydroxyl groups excluding tert-OH is 1. The second-order valence-electron chi connectivity index (χ2n) is 6.93. The van der Waals surface area contributed by atoms with E-state index in [0.717, 1.165) is 43.3 Å². The minimum absolute atomic E-state index is 0.214. The smallest absolute Gasteiger partial charge is 0.202 e. The second-order valence-corrected chi connectivity index (χ2v) is 6.93. The van der Waals surface area contributed by atoms with Crippen LogP contribution in [-0.4, -0.2) is 51.8 Å². The molecule has 2 fully saturated rings. The number of aliphatic hydroxyl groups is 1. The molecule has 1 saturated heterocycles. The van der Waals surface area contributed by atoms with Gasteiger partial charge < -0.3 is 19.9 Å². The lowest BCUT2D eigenvalue weighted by atomic mass is 9.74. The minimum atomic E-state index is -0.214. The number of nitrogens with zero attached hydrogens (tertiary/aromatic N) is 3. The fourth-order valence-corrected chi connectivity index (χ4v) is 4.22. The highest BCUT2D eigenvalue weighted by Crippen LogP contribution is 2.40.